The minimum absolute atomic E-state index is 0.0330. The molecule has 0 aromatic heterocycles. The summed E-state index contributed by atoms with van der Waals surface area (Å²) < 4.78 is 11.4. The molecule has 1 aliphatic heterocycles. The van der Waals surface area contributed by atoms with Crippen molar-refractivity contribution < 1.29 is 34.7 Å². The summed E-state index contributed by atoms with van der Waals surface area (Å²) in [5.74, 6) is -1.10. The molecule has 3 rings (SSSR count). The van der Waals surface area contributed by atoms with E-state index in [-0.39, 0.29) is 45.8 Å². The molecule has 4 N–H and O–H groups in total. The van der Waals surface area contributed by atoms with E-state index in [2.05, 4.69) is 12.7 Å². The van der Waals surface area contributed by atoms with E-state index in [1.807, 2.05) is 20.8 Å². The molecule has 1 heterocycles. The molecule has 0 radical (unpaired) electrons. The third kappa shape index (κ3) is 4.83. The molecular weight excluding hydrogens is 424 g/mol. The molecule has 1 aliphatic rings. The van der Waals surface area contributed by atoms with E-state index in [0.717, 1.165) is 17.2 Å². The zero-order valence-electron chi connectivity index (χ0n) is 19.3. The Labute approximate surface area is 193 Å². The second-order valence-electron chi connectivity index (χ2n) is 8.64. The predicted octanol–water partition coefficient (Wildman–Crippen LogP) is 4.58. The van der Waals surface area contributed by atoms with Crippen LogP contribution in [0.2, 0.25) is 0 Å². The number of carbonyl (C=O) groups excluding carboxylic acids is 1. The Morgan fingerprint density at radius 1 is 1.18 bits per heavy atom. The number of fused-ring (bicyclic) bond motifs is 1. The Balaban J connectivity index is 2.14. The van der Waals surface area contributed by atoms with E-state index < -0.39 is 18.0 Å². The second-order valence-corrected chi connectivity index (χ2v) is 8.64. The van der Waals surface area contributed by atoms with E-state index in [9.17, 15) is 25.2 Å². The molecule has 0 saturated heterocycles. The van der Waals surface area contributed by atoms with E-state index in [1.165, 1.54) is 25.3 Å². The van der Waals surface area contributed by atoms with Gasteiger partial charge in [0, 0.05) is 23.3 Å². The maximum Gasteiger partial charge on any atom is 0.202 e. The van der Waals surface area contributed by atoms with Crippen molar-refractivity contribution in [3.8, 4) is 28.7 Å². The second kappa shape index (κ2) is 9.58. The van der Waals surface area contributed by atoms with Gasteiger partial charge in [0.15, 0.2) is 12.2 Å². The SMILES string of the molecule is C=C(C)[C@@H](CC=C(C)C)Cc1c(O)cc(OC)c2c1O[C@@H](c1ccc(O)cc1O)[C@H](O)C2=O. The van der Waals surface area contributed by atoms with Crippen LogP contribution in [0.1, 0.15) is 54.8 Å². The highest BCUT2D eigenvalue weighted by Crippen LogP contribution is 2.48. The molecule has 3 atom stereocenters. The van der Waals surface area contributed by atoms with E-state index >= 15 is 0 Å². The summed E-state index contributed by atoms with van der Waals surface area (Å²) in [6.07, 6.45) is 0.254. The van der Waals surface area contributed by atoms with Crippen LogP contribution in [0.5, 0.6) is 28.7 Å². The van der Waals surface area contributed by atoms with Crippen LogP contribution in [-0.2, 0) is 6.42 Å². The molecule has 7 nitrogen and oxygen atoms in total. The van der Waals surface area contributed by atoms with Crippen molar-refractivity contribution in [1.82, 2.24) is 0 Å². The average Bonchev–Trinajstić information content (AvgIpc) is 2.74. The fraction of sp³-hybridized carbons (Fsp3) is 0.346. The Morgan fingerprint density at radius 3 is 2.45 bits per heavy atom. The zero-order valence-corrected chi connectivity index (χ0v) is 19.3. The highest BCUT2D eigenvalue weighted by molar-refractivity contribution is 6.06. The van der Waals surface area contributed by atoms with Gasteiger partial charge in [-0.3, -0.25) is 4.79 Å². The van der Waals surface area contributed by atoms with Gasteiger partial charge in [0.2, 0.25) is 5.78 Å². The molecule has 2 aromatic carbocycles. The van der Waals surface area contributed by atoms with Gasteiger partial charge >= 0.3 is 0 Å². The number of carbonyl (C=O) groups is 1. The van der Waals surface area contributed by atoms with Crippen molar-refractivity contribution in [1.29, 1.82) is 0 Å². The van der Waals surface area contributed by atoms with Crippen LogP contribution < -0.4 is 9.47 Å². The van der Waals surface area contributed by atoms with Gasteiger partial charge in [-0.05, 0) is 51.7 Å². The third-order valence-corrected chi connectivity index (χ3v) is 5.87. The highest BCUT2D eigenvalue weighted by Gasteiger charge is 2.42. The smallest absolute Gasteiger partial charge is 0.202 e. The Morgan fingerprint density at radius 2 is 1.88 bits per heavy atom. The number of allylic oxidation sites excluding steroid dienone is 3. The van der Waals surface area contributed by atoms with E-state index in [1.54, 1.807) is 0 Å². The highest BCUT2D eigenvalue weighted by atomic mass is 16.5. The van der Waals surface area contributed by atoms with Crippen LogP contribution in [0.3, 0.4) is 0 Å². The number of ketones is 1. The average molecular weight is 455 g/mol. The lowest BCUT2D eigenvalue weighted by molar-refractivity contribution is 0.0197. The summed E-state index contributed by atoms with van der Waals surface area (Å²) in [4.78, 5) is 13.2. The number of phenolic OH excluding ortho intramolecular Hbond substituents is 3. The molecular formula is C26H30O7. The summed E-state index contributed by atoms with van der Waals surface area (Å²) in [5, 5.41) is 41.5. The molecule has 176 valence electrons. The normalized spacial score (nSPS) is 18.2. The fourth-order valence-corrected chi connectivity index (χ4v) is 3.95. The number of ether oxygens (including phenoxy) is 2. The molecule has 0 bridgehead atoms. The lowest BCUT2D eigenvalue weighted by Gasteiger charge is -2.33. The van der Waals surface area contributed by atoms with Crippen molar-refractivity contribution in [2.75, 3.05) is 7.11 Å². The first-order valence-electron chi connectivity index (χ1n) is 10.7. The molecule has 2 aromatic rings. The van der Waals surface area contributed by atoms with Crippen LogP contribution in [0.4, 0.5) is 0 Å². The third-order valence-electron chi connectivity index (χ3n) is 5.87. The molecule has 0 unspecified atom stereocenters. The van der Waals surface area contributed by atoms with E-state index in [0.29, 0.717) is 18.4 Å². The van der Waals surface area contributed by atoms with Crippen LogP contribution in [-0.4, -0.2) is 39.4 Å². The zero-order chi connectivity index (χ0) is 24.4. The van der Waals surface area contributed by atoms with Gasteiger partial charge in [0.1, 0.15) is 34.3 Å². The number of phenols is 3. The standard InChI is InChI=1S/C26H30O7/c1-13(2)6-7-15(14(3)4)10-18-20(29)12-21(32-5)22-23(30)24(31)26(33-25(18)22)17-9-8-16(27)11-19(17)28/h6,8-9,11-12,15,24,26-29,31H,3,7,10H2,1-2,4-5H3/t15-,24+,26-/m0/s1. The summed E-state index contributed by atoms with van der Waals surface area (Å²) >= 11 is 0. The van der Waals surface area contributed by atoms with Crippen LogP contribution in [0, 0.1) is 5.92 Å². The van der Waals surface area contributed by atoms with Crippen molar-refractivity contribution in [3.63, 3.8) is 0 Å². The Bertz CT molecular complexity index is 1110. The maximum absolute atomic E-state index is 13.2. The molecule has 7 heteroatoms. The number of hydrogen-bond donors (Lipinski definition) is 4. The van der Waals surface area contributed by atoms with Crippen molar-refractivity contribution in [2.24, 2.45) is 5.92 Å². The predicted molar refractivity (Wildman–Crippen MR) is 124 cm³/mol. The first-order valence-corrected chi connectivity index (χ1v) is 10.7. The molecule has 0 saturated carbocycles. The minimum Gasteiger partial charge on any atom is -0.508 e. The summed E-state index contributed by atoms with van der Waals surface area (Å²) in [6.45, 7) is 9.98. The number of Topliss-reactive ketones (excluding diaryl/α,β-unsaturated/α-hetero) is 1. The number of methoxy groups -OCH3 is 1. The van der Waals surface area contributed by atoms with Crippen LogP contribution in [0.15, 0.2) is 48.1 Å². The largest absolute Gasteiger partial charge is 0.508 e. The minimum atomic E-state index is -1.62. The number of aliphatic hydroxyl groups excluding tert-OH is 1. The molecule has 0 fully saturated rings. The number of rotatable bonds is 7. The van der Waals surface area contributed by atoms with E-state index in [4.69, 9.17) is 9.47 Å². The molecule has 0 spiro atoms. The van der Waals surface area contributed by atoms with Gasteiger partial charge in [0.25, 0.3) is 0 Å². The monoisotopic (exact) mass is 454 g/mol. The number of hydrogen-bond acceptors (Lipinski definition) is 7. The van der Waals surface area contributed by atoms with Gasteiger partial charge in [-0.25, -0.2) is 0 Å². The summed E-state index contributed by atoms with van der Waals surface area (Å²) in [6, 6.07) is 5.15. The van der Waals surface area contributed by atoms with Crippen LogP contribution >= 0.6 is 0 Å². The molecule has 0 amide bonds. The van der Waals surface area contributed by atoms with Crippen molar-refractivity contribution >= 4 is 5.78 Å². The Kier molecular flexibility index (Phi) is 7.03. The lowest BCUT2D eigenvalue weighted by Crippen LogP contribution is -2.37. The number of aliphatic hydroxyl groups is 1. The molecule has 0 aliphatic carbocycles. The quantitative estimate of drug-likeness (QED) is 0.453. The first kappa shape index (κ1) is 24.2. The van der Waals surface area contributed by atoms with Gasteiger partial charge in [-0.1, -0.05) is 23.8 Å². The van der Waals surface area contributed by atoms with Crippen molar-refractivity contribution in [2.45, 2.75) is 45.8 Å². The summed E-state index contributed by atoms with van der Waals surface area (Å²) in [7, 11) is 1.36. The summed E-state index contributed by atoms with van der Waals surface area (Å²) in [5.41, 5.74) is 2.62. The topological polar surface area (TPSA) is 116 Å². The van der Waals surface area contributed by atoms with Crippen LogP contribution in [0.25, 0.3) is 0 Å². The number of aromatic hydroxyl groups is 3. The van der Waals surface area contributed by atoms with Gasteiger partial charge in [0.05, 0.1) is 7.11 Å². The molecule has 33 heavy (non-hydrogen) atoms. The van der Waals surface area contributed by atoms with Gasteiger partial charge < -0.3 is 29.9 Å². The van der Waals surface area contributed by atoms with Crippen molar-refractivity contribution in [3.05, 3.63) is 64.8 Å². The maximum atomic E-state index is 13.2. The number of benzene rings is 2. The fourth-order valence-electron chi connectivity index (χ4n) is 3.95. The first-order chi connectivity index (χ1) is 15.5. The lowest BCUT2D eigenvalue weighted by atomic mass is 9.85. The van der Waals surface area contributed by atoms with Gasteiger partial charge in [-0.2, -0.15) is 0 Å². The van der Waals surface area contributed by atoms with Gasteiger partial charge in [-0.15, -0.1) is 0 Å². The Hall–Kier alpha value is -3.45.